The number of hydrogen-bond acceptors (Lipinski definition) is 2. The lowest BCUT2D eigenvalue weighted by Gasteiger charge is -2.02. The predicted octanol–water partition coefficient (Wildman–Crippen LogP) is 3.00. The van der Waals surface area contributed by atoms with Gasteiger partial charge in [0.25, 0.3) is 0 Å². The van der Waals surface area contributed by atoms with Gasteiger partial charge in [-0.15, -0.1) is 11.6 Å². The summed E-state index contributed by atoms with van der Waals surface area (Å²) in [5.74, 6) is 0.660. The predicted molar refractivity (Wildman–Crippen MR) is 62.7 cm³/mol. The fraction of sp³-hybridized carbons (Fsp3) is 1.00. The van der Waals surface area contributed by atoms with Crippen molar-refractivity contribution in [1.82, 2.24) is 0 Å². The Morgan fingerprint density at radius 3 is 2.07 bits per heavy atom. The zero-order chi connectivity index (χ0) is 10.9. The van der Waals surface area contributed by atoms with E-state index in [1.54, 1.807) is 0 Å². The monoisotopic (exact) mass is 240 g/mol. The van der Waals surface area contributed by atoms with Crippen LogP contribution in [0.15, 0.2) is 0 Å². The highest BCUT2D eigenvalue weighted by molar-refractivity contribution is 7.91. The average molecular weight is 241 g/mol. The van der Waals surface area contributed by atoms with Crippen molar-refractivity contribution in [2.75, 3.05) is 17.4 Å². The number of rotatable bonds is 9. The standard InChI is InChI=1S/C10H21ClO2S/c1-2-3-4-5-6-7-9-14(12,13)10-8-11/h2-10H2,1H3. The highest BCUT2D eigenvalue weighted by atomic mass is 35.5. The molecule has 0 unspecified atom stereocenters. The van der Waals surface area contributed by atoms with Gasteiger partial charge in [0, 0.05) is 5.88 Å². The van der Waals surface area contributed by atoms with Gasteiger partial charge in [-0.3, -0.25) is 0 Å². The van der Waals surface area contributed by atoms with E-state index >= 15 is 0 Å². The second-order valence-electron chi connectivity index (χ2n) is 3.61. The summed E-state index contributed by atoms with van der Waals surface area (Å²) in [6, 6.07) is 0. The molecule has 0 rings (SSSR count). The molecule has 0 aliphatic rings. The first-order valence-electron chi connectivity index (χ1n) is 5.39. The van der Waals surface area contributed by atoms with Crippen LogP contribution in [0.2, 0.25) is 0 Å². The Balaban J connectivity index is 3.35. The van der Waals surface area contributed by atoms with Crippen molar-refractivity contribution in [3.63, 3.8) is 0 Å². The van der Waals surface area contributed by atoms with Gasteiger partial charge in [-0.25, -0.2) is 8.42 Å². The Morgan fingerprint density at radius 2 is 1.50 bits per heavy atom. The summed E-state index contributed by atoms with van der Waals surface area (Å²) in [4.78, 5) is 0. The summed E-state index contributed by atoms with van der Waals surface area (Å²) in [7, 11) is -2.86. The zero-order valence-electron chi connectivity index (χ0n) is 8.97. The Labute approximate surface area is 93.0 Å². The third-order valence-corrected chi connectivity index (χ3v) is 4.35. The maximum Gasteiger partial charge on any atom is 0.151 e. The van der Waals surface area contributed by atoms with E-state index in [0.717, 1.165) is 19.3 Å². The average Bonchev–Trinajstić information content (AvgIpc) is 2.11. The molecule has 2 nitrogen and oxygen atoms in total. The van der Waals surface area contributed by atoms with Crippen molar-refractivity contribution in [1.29, 1.82) is 0 Å². The van der Waals surface area contributed by atoms with E-state index in [1.807, 2.05) is 0 Å². The van der Waals surface area contributed by atoms with Gasteiger partial charge in [0.05, 0.1) is 11.5 Å². The number of sulfone groups is 1. The van der Waals surface area contributed by atoms with Crippen molar-refractivity contribution in [2.24, 2.45) is 0 Å². The Hall–Kier alpha value is 0.240. The lowest BCUT2D eigenvalue weighted by atomic mass is 10.1. The van der Waals surface area contributed by atoms with Crippen LogP contribution in [0.4, 0.5) is 0 Å². The third kappa shape index (κ3) is 8.82. The summed E-state index contributed by atoms with van der Waals surface area (Å²) in [5, 5.41) is 0. The Kier molecular flexibility index (Phi) is 8.69. The molecule has 0 radical (unpaired) electrons. The molecular formula is C10H21ClO2S. The van der Waals surface area contributed by atoms with Crippen molar-refractivity contribution in [3.05, 3.63) is 0 Å². The van der Waals surface area contributed by atoms with Gasteiger partial charge in [-0.05, 0) is 6.42 Å². The molecule has 0 spiro atoms. The van der Waals surface area contributed by atoms with Crippen LogP contribution in [0.25, 0.3) is 0 Å². The van der Waals surface area contributed by atoms with Crippen molar-refractivity contribution in [3.8, 4) is 0 Å². The van der Waals surface area contributed by atoms with Crippen molar-refractivity contribution in [2.45, 2.75) is 45.4 Å². The van der Waals surface area contributed by atoms with E-state index < -0.39 is 9.84 Å². The topological polar surface area (TPSA) is 34.1 Å². The number of halogens is 1. The highest BCUT2D eigenvalue weighted by Crippen LogP contribution is 2.06. The number of hydrogen-bond donors (Lipinski definition) is 0. The molecule has 14 heavy (non-hydrogen) atoms. The number of alkyl halides is 1. The SMILES string of the molecule is CCCCCCCCS(=O)(=O)CCCl. The van der Waals surface area contributed by atoms with Crippen molar-refractivity contribution >= 4 is 21.4 Å². The molecule has 0 aliphatic heterocycles. The first-order valence-corrected chi connectivity index (χ1v) is 7.74. The first kappa shape index (κ1) is 14.2. The van der Waals surface area contributed by atoms with Gasteiger partial charge in [-0.2, -0.15) is 0 Å². The summed E-state index contributed by atoms with van der Waals surface area (Å²) in [5.41, 5.74) is 0. The minimum Gasteiger partial charge on any atom is -0.229 e. The lowest BCUT2D eigenvalue weighted by molar-refractivity contribution is 0.585. The van der Waals surface area contributed by atoms with Crippen LogP contribution in [-0.2, 0) is 9.84 Å². The highest BCUT2D eigenvalue weighted by Gasteiger charge is 2.08. The second-order valence-corrected chi connectivity index (χ2v) is 6.29. The maximum atomic E-state index is 11.2. The molecule has 0 amide bonds. The largest absolute Gasteiger partial charge is 0.229 e. The van der Waals surface area contributed by atoms with E-state index in [9.17, 15) is 8.42 Å². The summed E-state index contributed by atoms with van der Waals surface area (Å²) in [6.07, 6.45) is 6.69. The van der Waals surface area contributed by atoms with Crippen LogP contribution in [-0.4, -0.2) is 25.8 Å². The van der Waals surface area contributed by atoms with E-state index in [-0.39, 0.29) is 11.6 Å². The van der Waals surface area contributed by atoms with E-state index in [4.69, 9.17) is 11.6 Å². The third-order valence-electron chi connectivity index (χ3n) is 2.20. The molecule has 0 saturated carbocycles. The first-order chi connectivity index (χ1) is 6.62. The van der Waals surface area contributed by atoms with Crippen LogP contribution in [0.5, 0.6) is 0 Å². The van der Waals surface area contributed by atoms with Gasteiger partial charge >= 0.3 is 0 Å². The molecule has 0 heterocycles. The quantitative estimate of drug-likeness (QED) is 0.459. The molecule has 0 fully saturated rings. The summed E-state index contributed by atoms with van der Waals surface area (Å²) in [6.45, 7) is 2.17. The van der Waals surface area contributed by atoms with Crippen LogP contribution < -0.4 is 0 Å². The molecule has 0 aromatic carbocycles. The van der Waals surface area contributed by atoms with Gasteiger partial charge in [-0.1, -0.05) is 39.0 Å². The Bertz CT molecular complexity index is 212. The minimum absolute atomic E-state index is 0.128. The summed E-state index contributed by atoms with van der Waals surface area (Å²) < 4.78 is 22.5. The van der Waals surface area contributed by atoms with E-state index in [2.05, 4.69) is 6.92 Å². The molecule has 0 bridgehead atoms. The van der Waals surface area contributed by atoms with Crippen LogP contribution in [0.3, 0.4) is 0 Å². The van der Waals surface area contributed by atoms with Crippen LogP contribution in [0, 0.1) is 0 Å². The fourth-order valence-electron chi connectivity index (χ4n) is 1.32. The van der Waals surface area contributed by atoms with E-state index in [1.165, 1.54) is 19.3 Å². The number of unbranched alkanes of at least 4 members (excludes halogenated alkanes) is 5. The van der Waals surface area contributed by atoms with E-state index in [0.29, 0.717) is 5.75 Å². The molecule has 0 atom stereocenters. The second kappa shape index (κ2) is 8.54. The van der Waals surface area contributed by atoms with Crippen LogP contribution in [0.1, 0.15) is 45.4 Å². The normalized spacial score (nSPS) is 11.9. The Morgan fingerprint density at radius 1 is 0.929 bits per heavy atom. The molecule has 4 heteroatoms. The van der Waals surface area contributed by atoms with Gasteiger partial charge in [0.2, 0.25) is 0 Å². The molecule has 0 aromatic rings. The zero-order valence-corrected chi connectivity index (χ0v) is 10.5. The molecule has 0 N–H and O–H groups in total. The molecule has 86 valence electrons. The lowest BCUT2D eigenvalue weighted by Crippen LogP contribution is -2.11. The molecule has 0 aromatic heterocycles. The smallest absolute Gasteiger partial charge is 0.151 e. The van der Waals surface area contributed by atoms with Crippen molar-refractivity contribution < 1.29 is 8.42 Å². The van der Waals surface area contributed by atoms with Gasteiger partial charge in [0.1, 0.15) is 0 Å². The maximum absolute atomic E-state index is 11.2. The summed E-state index contributed by atoms with van der Waals surface area (Å²) >= 11 is 5.39. The molecule has 0 aliphatic carbocycles. The van der Waals surface area contributed by atoms with Crippen LogP contribution >= 0.6 is 11.6 Å². The van der Waals surface area contributed by atoms with Gasteiger partial charge in [0.15, 0.2) is 9.84 Å². The molecular weight excluding hydrogens is 220 g/mol. The van der Waals surface area contributed by atoms with Gasteiger partial charge < -0.3 is 0 Å². The minimum atomic E-state index is -2.86. The molecule has 0 saturated heterocycles. The fourth-order valence-corrected chi connectivity index (χ4v) is 3.11.